The monoisotopic (exact) mass is 504 g/mol. The van der Waals surface area contributed by atoms with Gasteiger partial charge in [0.2, 0.25) is 0 Å². The maximum Gasteiger partial charge on any atom is 0.251 e. The number of benzene rings is 3. The molecule has 1 fully saturated rings. The minimum absolute atomic E-state index is 0.0843. The number of imidazole rings is 1. The first kappa shape index (κ1) is 23.1. The van der Waals surface area contributed by atoms with Crippen molar-refractivity contribution in [2.24, 2.45) is 7.05 Å². The largest absolute Gasteiger partial charge is 0.491 e. The molecule has 1 amide bonds. The van der Waals surface area contributed by atoms with Gasteiger partial charge in [0.1, 0.15) is 18.2 Å². The average Bonchev–Trinajstić information content (AvgIpc) is 3.38. The maximum absolute atomic E-state index is 13.3. The molecule has 2 aromatic heterocycles. The molecular formula is C32H32N4O2. The molecule has 1 saturated carbocycles. The van der Waals surface area contributed by atoms with Crippen LogP contribution in [0.15, 0.2) is 66.7 Å². The first-order valence-corrected chi connectivity index (χ1v) is 13.8. The fourth-order valence-electron chi connectivity index (χ4n) is 6.49. The molecule has 192 valence electrons. The van der Waals surface area contributed by atoms with Gasteiger partial charge in [-0.2, -0.15) is 0 Å². The maximum atomic E-state index is 13.3. The first-order chi connectivity index (χ1) is 18.7. The van der Waals surface area contributed by atoms with Crippen LogP contribution in [0.25, 0.3) is 33.2 Å². The Balaban J connectivity index is 1.28. The molecule has 3 heterocycles. The van der Waals surface area contributed by atoms with Gasteiger partial charge in [-0.3, -0.25) is 4.79 Å². The van der Waals surface area contributed by atoms with Crippen LogP contribution in [0.5, 0.6) is 5.75 Å². The molecule has 1 aliphatic carbocycles. The highest BCUT2D eigenvalue weighted by Crippen LogP contribution is 2.47. The quantitative estimate of drug-likeness (QED) is 0.301. The summed E-state index contributed by atoms with van der Waals surface area (Å²) < 4.78 is 10.6. The Kier molecular flexibility index (Phi) is 5.68. The molecule has 7 rings (SSSR count). The second-order valence-electron chi connectivity index (χ2n) is 10.6. The van der Waals surface area contributed by atoms with Gasteiger partial charge < -0.3 is 19.2 Å². The number of hydrogen-bond acceptors (Lipinski definition) is 3. The standard InChI is InChI=1S/C32H32N4O2/c1-35-26-13-7-6-12-25(26)34-29(35)20-33-32(37)22-15-16-23-27(19-22)36-17-18-38-28-14-8-5-11-24(28)31(36)30(23)21-9-3-2-4-10-21/h5-8,11-16,19,21H,2-4,9-10,17-18,20H2,1H3,(H,33,37). The highest BCUT2D eigenvalue weighted by Gasteiger charge is 2.29. The minimum Gasteiger partial charge on any atom is -0.491 e. The lowest BCUT2D eigenvalue weighted by Gasteiger charge is -2.23. The van der Waals surface area contributed by atoms with Gasteiger partial charge in [0.25, 0.3) is 5.91 Å². The molecule has 0 radical (unpaired) electrons. The van der Waals surface area contributed by atoms with Crippen LogP contribution in [0.3, 0.4) is 0 Å². The van der Waals surface area contributed by atoms with Crippen molar-refractivity contribution < 1.29 is 9.53 Å². The smallest absolute Gasteiger partial charge is 0.251 e. The van der Waals surface area contributed by atoms with E-state index in [-0.39, 0.29) is 5.91 Å². The number of aromatic nitrogens is 3. The molecule has 5 aromatic rings. The summed E-state index contributed by atoms with van der Waals surface area (Å²) in [5.41, 5.74) is 7.67. The first-order valence-electron chi connectivity index (χ1n) is 13.8. The summed E-state index contributed by atoms with van der Waals surface area (Å²) in [5, 5.41) is 4.38. The summed E-state index contributed by atoms with van der Waals surface area (Å²) in [6.45, 7) is 1.75. The van der Waals surface area contributed by atoms with Gasteiger partial charge in [0.15, 0.2) is 0 Å². The van der Waals surface area contributed by atoms with E-state index in [0.29, 0.717) is 24.6 Å². The van der Waals surface area contributed by atoms with Gasteiger partial charge >= 0.3 is 0 Å². The van der Waals surface area contributed by atoms with E-state index < -0.39 is 0 Å². The Morgan fingerprint density at radius 1 is 1.00 bits per heavy atom. The van der Waals surface area contributed by atoms with Gasteiger partial charge in [0.05, 0.1) is 29.8 Å². The highest BCUT2D eigenvalue weighted by molar-refractivity contribution is 6.01. The predicted molar refractivity (Wildman–Crippen MR) is 151 cm³/mol. The number of fused-ring (bicyclic) bond motifs is 6. The third-order valence-corrected chi connectivity index (χ3v) is 8.38. The van der Waals surface area contributed by atoms with Gasteiger partial charge in [-0.05, 0) is 60.7 Å². The van der Waals surface area contributed by atoms with E-state index in [1.54, 1.807) is 0 Å². The Hall–Kier alpha value is -4.06. The van der Waals surface area contributed by atoms with Crippen molar-refractivity contribution in [3.63, 3.8) is 0 Å². The van der Waals surface area contributed by atoms with Crippen molar-refractivity contribution in [3.8, 4) is 17.0 Å². The van der Waals surface area contributed by atoms with E-state index in [1.807, 2.05) is 48.0 Å². The van der Waals surface area contributed by atoms with Crippen LogP contribution in [0.1, 0.15) is 59.8 Å². The van der Waals surface area contributed by atoms with Crippen molar-refractivity contribution in [3.05, 3.63) is 83.7 Å². The van der Waals surface area contributed by atoms with Crippen molar-refractivity contribution in [1.82, 2.24) is 19.4 Å². The number of aryl methyl sites for hydroxylation is 1. The summed E-state index contributed by atoms with van der Waals surface area (Å²) in [5.74, 6) is 2.24. The molecule has 3 aromatic carbocycles. The molecule has 0 unspecified atom stereocenters. The lowest BCUT2D eigenvalue weighted by molar-refractivity contribution is 0.0949. The van der Waals surface area contributed by atoms with E-state index in [2.05, 4.69) is 40.2 Å². The van der Waals surface area contributed by atoms with Crippen LogP contribution < -0.4 is 10.1 Å². The molecule has 0 bridgehead atoms. The summed E-state index contributed by atoms with van der Waals surface area (Å²) in [6.07, 6.45) is 6.31. The second kappa shape index (κ2) is 9.35. The van der Waals surface area contributed by atoms with Crippen LogP contribution in [0, 0.1) is 0 Å². The fraction of sp³-hybridized carbons (Fsp3) is 0.312. The van der Waals surface area contributed by atoms with Gasteiger partial charge in [-0.1, -0.05) is 49.6 Å². The summed E-state index contributed by atoms with van der Waals surface area (Å²) >= 11 is 0. The molecule has 1 N–H and O–H groups in total. The Labute approximate surface area is 222 Å². The zero-order valence-electron chi connectivity index (χ0n) is 21.7. The van der Waals surface area contributed by atoms with E-state index in [0.717, 1.165) is 40.2 Å². The minimum atomic E-state index is -0.0843. The SMILES string of the molecule is Cn1c(CNC(=O)c2ccc3c(C4CCCCC4)c4n(c3c2)CCOc2ccccc2-4)nc2ccccc21. The van der Waals surface area contributed by atoms with Crippen LogP contribution >= 0.6 is 0 Å². The number of nitrogens with one attached hydrogen (secondary N) is 1. The molecule has 2 aliphatic rings. The van der Waals surface area contributed by atoms with E-state index in [9.17, 15) is 4.79 Å². The number of rotatable bonds is 4. The van der Waals surface area contributed by atoms with Crippen molar-refractivity contribution in [2.45, 2.75) is 51.1 Å². The van der Waals surface area contributed by atoms with Gasteiger partial charge in [0, 0.05) is 29.1 Å². The van der Waals surface area contributed by atoms with Crippen molar-refractivity contribution in [1.29, 1.82) is 0 Å². The van der Waals surface area contributed by atoms with Gasteiger partial charge in [-0.25, -0.2) is 4.98 Å². The molecule has 0 atom stereocenters. The molecule has 1 aliphatic heterocycles. The summed E-state index contributed by atoms with van der Waals surface area (Å²) in [7, 11) is 1.99. The summed E-state index contributed by atoms with van der Waals surface area (Å²) in [4.78, 5) is 18.1. The zero-order chi connectivity index (χ0) is 25.6. The molecule has 38 heavy (non-hydrogen) atoms. The topological polar surface area (TPSA) is 61.1 Å². The van der Waals surface area contributed by atoms with Crippen LogP contribution in [0.2, 0.25) is 0 Å². The Bertz CT molecular complexity index is 1670. The number of ether oxygens (including phenoxy) is 1. The van der Waals surface area contributed by atoms with Crippen LogP contribution in [-0.2, 0) is 20.1 Å². The number of hydrogen-bond donors (Lipinski definition) is 1. The number of para-hydroxylation sites is 3. The zero-order valence-corrected chi connectivity index (χ0v) is 21.7. The predicted octanol–water partition coefficient (Wildman–Crippen LogP) is 6.57. The van der Waals surface area contributed by atoms with E-state index in [1.165, 1.54) is 48.7 Å². The molecule has 6 nitrogen and oxygen atoms in total. The Morgan fingerprint density at radius 2 is 1.82 bits per heavy atom. The number of nitrogens with zero attached hydrogens (tertiary/aromatic N) is 3. The lowest BCUT2D eigenvalue weighted by Crippen LogP contribution is -2.24. The van der Waals surface area contributed by atoms with Gasteiger partial charge in [-0.15, -0.1) is 0 Å². The van der Waals surface area contributed by atoms with E-state index >= 15 is 0 Å². The third-order valence-electron chi connectivity index (χ3n) is 8.38. The summed E-state index contributed by atoms with van der Waals surface area (Å²) in [6, 6.07) is 22.7. The normalized spacial score (nSPS) is 15.6. The van der Waals surface area contributed by atoms with Crippen LogP contribution in [-0.4, -0.2) is 26.6 Å². The molecule has 0 saturated heterocycles. The number of amides is 1. The molecule has 0 spiro atoms. The van der Waals surface area contributed by atoms with Crippen molar-refractivity contribution >= 4 is 27.8 Å². The number of carbonyl (C=O) groups excluding carboxylic acids is 1. The van der Waals surface area contributed by atoms with Crippen LogP contribution in [0.4, 0.5) is 0 Å². The number of carbonyl (C=O) groups is 1. The van der Waals surface area contributed by atoms with E-state index in [4.69, 9.17) is 9.72 Å². The molecular weight excluding hydrogens is 472 g/mol. The highest BCUT2D eigenvalue weighted by atomic mass is 16.5. The average molecular weight is 505 g/mol. The fourth-order valence-corrected chi connectivity index (χ4v) is 6.49. The second-order valence-corrected chi connectivity index (χ2v) is 10.6. The van der Waals surface area contributed by atoms with Crippen molar-refractivity contribution in [2.75, 3.05) is 6.61 Å². The Morgan fingerprint density at radius 3 is 2.68 bits per heavy atom. The lowest BCUT2D eigenvalue weighted by atomic mass is 9.81. The third kappa shape index (κ3) is 3.78. The molecule has 6 heteroatoms.